The summed E-state index contributed by atoms with van der Waals surface area (Å²) in [7, 11) is -3.73. The molecule has 0 unspecified atom stereocenters. The van der Waals surface area contributed by atoms with Gasteiger partial charge in [-0.3, -0.25) is 14.3 Å². The van der Waals surface area contributed by atoms with Crippen LogP contribution in [0.15, 0.2) is 24.3 Å². The zero-order chi connectivity index (χ0) is 17.6. The molecule has 1 aliphatic heterocycles. The standard InChI is InChI=1S/C15H20N2O6S/c18-14(5-6-15(19)20)12-3-1-4-13(11-12)16-24(21,22)17-7-2-9-23-10-8-17/h1,3-4,11,16H,2,5-10H2,(H,19,20). The number of hydrogen-bond donors (Lipinski definition) is 2. The molecule has 2 rings (SSSR count). The molecular weight excluding hydrogens is 336 g/mol. The molecule has 0 bridgehead atoms. The molecule has 0 amide bonds. The lowest BCUT2D eigenvalue weighted by Gasteiger charge is -2.20. The number of carbonyl (C=O) groups excluding carboxylic acids is 1. The van der Waals surface area contributed by atoms with Gasteiger partial charge in [-0.25, -0.2) is 0 Å². The fourth-order valence-electron chi connectivity index (χ4n) is 2.30. The molecule has 0 atom stereocenters. The van der Waals surface area contributed by atoms with Crippen molar-refractivity contribution >= 4 is 27.6 Å². The second-order valence-electron chi connectivity index (χ2n) is 5.37. The fourth-order valence-corrected chi connectivity index (χ4v) is 3.54. The molecule has 0 aliphatic carbocycles. The highest BCUT2D eigenvalue weighted by Gasteiger charge is 2.23. The molecule has 9 heteroatoms. The molecule has 132 valence electrons. The minimum absolute atomic E-state index is 0.130. The van der Waals surface area contributed by atoms with Gasteiger partial charge in [-0.05, 0) is 18.6 Å². The van der Waals surface area contributed by atoms with E-state index >= 15 is 0 Å². The Hall–Kier alpha value is -1.97. The van der Waals surface area contributed by atoms with E-state index in [0.29, 0.717) is 26.2 Å². The number of aliphatic carboxylic acids is 1. The molecule has 1 fully saturated rings. The number of carboxylic acids is 1. The Morgan fingerprint density at radius 1 is 1.21 bits per heavy atom. The molecule has 1 aromatic rings. The van der Waals surface area contributed by atoms with Crippen molar-refractivity contribution < 1.29 is 27.9 Å². The monoisotopic (exact) mass is 356 g/mol. The summed E-state index contributed by atoms with van der Waals surface area (Å²) in [5, 5.41) is 8.62. The van der Waals surface area contributed by atoms with Crippen LogP contribution in [0.2, 0.25) is 0 Å². The number of carboxylic acid groups (broad SMARTS) is 1. The third-order valence-corrected chi connectivity index (χ3v) is 5.06. The predicted octanol–water partition coefficient (Wildman–Crippen LogP) is 1.11. The largest absolute Gasteiger partial charge is 0.481 e. The summed E-state index contributed by atoms with van der Waals surface area (Å²) < 4.78 is 33.8. The Morgan fingerprint density at radius 3 is 2.75 bits per heavy atom. The van der Waals surface area contributed by atoms with E-state index in [1.54, 1.807) is 12.1 Å². The molecule has 0 aromatic heterocycles. The maximum absolute atomic E-state index is 12.4. The minimum Gasteiger partial charge on any atom is -0.481 e. The topological polar surface area (TPSA) is 113 Å². The first kappa shape index (κ1) is 18.4. The second kappa shape index (κ2) is 8.22. The smallest absolute Gasteiger partial charge is 0.303 e. The second-order valence-corrected chi connectivity index (χ2v) is 7.04. The van der Waals surface area contributed by atoms with Crippen LogP contribution in [0.5, 0.6) is 0 Å². The number of benzene rings is 1. The summed E-state index contributed by atoms with van der Waals surface area (Å²) in [6, 6.07) is 6.04. The van der Waals surface area contributed by atoms with E-state index in [1.807, 2.05) is 0 Å². The van der Waals surface area contributed by atoms with Crippen LogP contribution in [0.4, 0.5) is 5.69 Å². The van der Waals surface area contributed by atoms with Crippen LogP contribution < -0.4 is 4.72 Å². The van der Waals surface area contributed by atoms with Gasteiger partial charge in [0.15, 0.2) is 5.78 Å². The first-order valence-electron chi connectivity index (χ1n) is 7.59. The predicted molar refractivity (Wildman–Crippen MR) is 87.2 cm³/mol. The van der Waals surface area contributed by atoms with E-state index in [4.69, 9.17) is 9.84 Å². The van der Waals surface area contributed by atoms with Crippen molar-refractivity contribution in [2.24, 2.45) is 0 Å². The summed E-state index contributed by atoms with van der Waals surface area (Å²) in [4.78, 5) is 22.5. The van der Waals surface area contributed by atoms with Gasteiger partial charge in [0.05, 0.1) is 18.7 Å². The third-order valence-electron chi connectivity index (χ3n) is 3.52. The van der Waals surface area contributed by atoms with E-state index in [9.17, 15) is 18.0 Å². The normalized spacial score (nSPS) is 16.3. The van der Waals surface area contributed by atoms with Gasteiger partial charge in [0.1, 0.15) is 0 Å². The number of Topliss-reactive ketones (excluding diaryl/α,β-unsaturated/α-hetero) is 1. The molecule has 2 N–H and O–H groups in total. The lowest BCUT2D eigenvalue weighted by Crippen LogP contribution is -2.37. The van der Waals surface area contributed by atoms with E-state index in [1.165, 1.54) is 16.4 Å². The average Bonchev–Trinajstić information content (AvgIpc) is 2.82. The van der Waals surface area contributed by atoms with E-state index < -0.39 is 16.2 Å². The Morgan fingerprint density at radius 2 is 2.00 bits per heavy atom. The van der Waals surface area contributed by atoms with Gasteiger partial charge in [0.2, 0.25) is 0 Å². The van der Waals surface area contributed by atoms with Crippen molar-refractivity contribution in [3.05, 3.63) is 29.8 Å². The number of ketones is 1. The molecule has 0 spiro atoms. The zero-order valence-electron chi connectivity index (χ0n) is 13.1. The van der Waals surface area contributed by atoms with Crippen LogP contribution in [0.25, 0.3) is 0 Å². The van der Waals surface area contributed by atoms with E-state index in [-0.39, 0.29) is 36.4 Å². The molecule has 0 radical (unpaired) electrons. The first-order valence-corrected chi connectivity index (χ1v) is 9.03. The number of ether oxygens (including phenoxy) is 1. The van der Waals surface area contributed by atoms with Crippen molar-refractivity contribution in [2.45, 2.75) is 19.3 Å². The average molecular weight is 356 g/mol. The van der Waals surface area contributed by atoms with Crippen LogP contribution in [0, 0.1) is 0 Å². The van der Waals surface area contributed by atoms with Gasteiger partial charge in [-0.1, -0.05) is 12.1 Å². The van der Waals surface area contributed by atoms with Crippen molar-refractivity contribution in [3.8, 4) is 0 Å². The Kier molecular flexibility index (Phi) is 6.29. The minimum atomic E-state index is -3.73. The SMILES string of the molecule is O=C(O)CCC(=O)c1cccc(NS(=O)(=O)N2CCCOCC2)c1. The van der Waals surface area contributed by atoms with Gasteiger partial charge in [0, 0.05) is 31.7 Å². The van der Waals surface area contributed by atoms with Gasteiger partial charge in [-0.15, -0.1) is 0 Å². The molecular formula is C15H20N2O6S. The number of rotatable bonds is 7. The van der Waals surface area contributed by atoms with Crippen LogP contribution in [0.1, 0.15) is 29.6 Å². The summed E-state index contributed by atoms with van der Waals surface area (Å²) >= 11 is 0. The highest BCUT2D eigenvalue weighted by molar-refractivity contribution is 7.90. The Bertz CT molecular complexity index is 696. The highest BCUT2D eigenvalue weighted by Crippen LogP contribution is 2.16. The van der Waals surface area contributed by atoms with Gasteiger partial charge in [-0.2, -0.15) is 12.7 Å². The number of nitrogens with zero attached hydrogens (tertiary/aromatic N) is 1. The fraction of sp³-hybridized carbons (Fsp3) is 0.467. The first-order chi connectivity index (χ1) is 11.4. The maximum Gasteiger partial charge on any atom is 0.303 e. The van der Waals surface area contributed by atoms with Crippen LogP contribution >= 0.6 is 0 Å². The van der Waals surface area contributed by atoms with E-state index in [0.717, 1.165) is 0 Å². The van der Waals surface area contributed by atoms with E-state index in [2.05, 4.69) is 4.72 Å². The molecule has 8 nitrogen and oxygen atoms in total. The number of carbonyl (C=O) groups is 2. The Balaban J connectivity index is 2.07. The van der Waals surface area contributed by atoms with Crippen molar-refractivity contribution in [1.29, 1.82) is 0 Å². The summed E-state index contributed by atoms with van der Waals surface area (Å²) in [6.45, 7) is 1.51. The van der Waals surface area contributed by atoms with Crippen LogP contribution in [-0.4, -0.2) is 55.9 Å². The van der Waals surface area contributed by atoms with Crippen molar-refractivity contribution in [2.75, 3.05) is 31.0 Å². The Labute approximate surface area is 140 Å². The van der Waals surface area contributed by atoms with Gasteiger partial charge < -0.3 is 9.84 Å². The van der Waals surface area contributed by atoms with Crippen molar-refractivity contribution in [1.82, 2.24) is 4.31 Å². The van der Waals surface area contributed by atoms with Crippen LogP contribution in [0.3, 0.4) is 0 Å². The molecule has 24 heavy (non-hydrogen) atoms. The van der Waals surface area contributed by atoms with Gasteiger partial charge in [0.25, 0.3) is 0 Å². The van der Waals surface area contributed by atoms with Crippen LogP contribution in [-0.2, 0) is 19.7 Å². The molecule has 1 heterocycles. The molecule has 0 saturated carbocycles. The lowest BCUT2D eigenvalue weighted by atomic mass is 10.1. The maximum atomic E-state index is 12.4. The quantitative estimate of drug-likeness (QED) is 0.708. The number of hydrogen-bond acceptors (Lipinski definition) is 5. The summed E-state index contributed by atoms with van der Waals surface area (Å²) in [5.41, 5.74) is 0.539. The zero-order valence-corrected chi connectivity index (χ0v) is 13.9. The molecule has 1 aromatic carbocycles. The summed E-state index contributed by atoms with van der Waals surface area (Å²) in [5.74, 6) is -1.40. The number of nitrogens with one attached hydrogen (secondary N) is 1. The lowest BCUT2D eigenvalue weighted by molar-refractivity contribution is -0.136. The molecule has 1 saturated heterocycles. The number of anilines is 1. The third kappa shape index (κ3) is 5.29. The highest BCUT2D eigenvalue weighted by atomic mass is 32.2. The van der Waals surface area contributed by atoms with Crippen molar-refractivity contribution in [3.63, 3.8) is 0 Å². The summed E-state index contributed by atoms with van der Waals surface area (Å²) in [6.07, 6.45) is 0.228. The van der Waals surface area contributed by atoms with Gasteiger partial charge >= 0.3 is 16.2 Å². The molecule has 1 aliphatic rings.